The first-order valence-electron chi connectivity index (χ1n) is 7.97. The Balaban J connectivity index is 1.85. The summed E-state index contributed by atoms with van der Waals surface area (Å²) in [6, 6.07) is 17.9. The summed E-state index contributed by atoms with van der Waals surface area (Å²) in [6.07, 6.45) is 1.81. The van der Waals surface area contributed by atoms with Crippen molar-refractivity contribution in [2.75, 3.05) is 6.26 Å². The van der Waals surface area contributed by atoms with Crippen molar-refractivity contribution in [2.45, 2.75) is 11.3 Å². The van der Waals surface area contributed by atoms with Crippen molar-refractivity contribution in [1.29, 1.82) is 0 Å². The van der Waals surface area contributed by atoms with Crippen LogP contribution in [-0.2, 0) is 16.3 Å². The predicted octanol–water partition coefficient (Wildman–Crippen LogP) is 4.84. The standard InChI is InChI=1S/C20H15ClO4S/c1-26(22,23)15-8-6-13(7-9-15)20-16(18-10-11-19(21)24-18)12-14-4-2-3-5-17(14)25-20/h2-11H,12H2,1H3. The first-order chi connectivity index (χ1) is 12.4. The number of allylic oxidation sites excluding steroid dienone is 1. The first kappa shape index (κ1) is 16.9. The molecule has 4 nitrogen and oxygen atoms in total. The second-order valence-corrected chi connectivity index (χ2v) is 8.48. The summed E-state index contributed by atoms with van der Waals surface area (Å²) >= 11 is 5.95. The summed E-state index contributed by atoms with van der Waals surface area (Å²) in [4.78, 5) is 0.264. The predicted molar refractivity (Wildman–Crippen MR) is 101 cm³/mol. The normalized spacial score (nSPS) is 14.1. The molecule has 0 unspecified atom stereocenters. The molecule has 6 heteroatoms. The highest BCUT2D eigenvalue weighted by molar-refractivity contribution is 7.90. The Morgan fingerprint density at radius 3 is 2.35 bits per heavy atom. The molecule has 0 amide bonds. The number of para-hydroxylation sites is 1. The van der Waals surface area contributed by atoms with Gasteiger partial charge in [-0.15, -0.1) is 0 Å². The van der Waals surface area contributed by atoms with Crippen LogP contribution in [0.3, 0.4) is 0 Å². The quantitative estimate of drug-likeness (QED) is 0.646. The highest BCUT2D eigenvalue weighted by Crippen LogP contribution is 2.40. The Hall–Kier alpha value is -2.50. The highest BCUT2D eigenvalue weighted by atomic mass is 35.5. The number of ether oxygens (including phenoxy) is 1. The molecule has 0 saturated heterocycles. The smallest absolute Gasteiger partial charge is 0.193 e. The van der Waals surface area contributed by atoms with Gasteiger partial charge < -0.3 is 9.15 Å². The van der Waals surface area contributed by atoms with Crippen LogP contribution in [0.25, 0.3) is 11.3 Å². The van der Waals surface area contributed by atoms with E-state index in [4.69, 9.17) is 20.8 Å². The average molecular weight is 387 g/mol. The van der Waals surface area contributed by atoms with Gasteiger partial charge in [0.25, 0.3) is 0 Å². The Kier molecular flexibility index (Phi) is 4.13. The van der Waals surface area contributed by atoms with E-state index >= 15 is 0 Å². The summed E-state index contributed by atoms with van der Waals surface area (Å²) in [6.45, 7) is 0. The van der Waals surface area contributed by atoms with Crippen molar-refractivity contribution in [3.8, 4) is 5.75 Å². The molecule has 1 aliphatic rings. The SMILES string of the molecule is CS(=O)(=O)c1ccc(C2=C(c3ccc(Cl)o3)Cc3ccccc3O2)cc1. The van der Waals surface area contributed by atoms with Crippen LogP contribution in [0.2, 0.25) is 5.22 Å². The molecule has 1 aliphatic heterocycles. The van der Waals surface area contributed by atoms with Crippen LogP contribution in [0.1, 0.15) is 16.9 Å². The number of rotatable bonds is 3. The first-order valence-corrected chi connectivity index (χ1v) is 10.2. The van der Waals surface area contributed by atoms with Crippen molar-refractivity contribution in [1.82, 2.24) is 0 Å². The number of furan rings is 1. The summed E-state index contributed by atoms with van der Waals surface area (Å²) in [5.74, 6) is 2.04. The van der Waals surface area contributed by atoms with Crippen LogP contribution in [0.4, 0.5) is 0 Å². The van der Waals surface area contributed by atoms with E-state index in [0.29, 0.717) is 23.2 Å². The minimum Gasteiger partial charge on any atom is -0.456 e. The van der Waals surface area contributed by atoms with Gasteiger partial charge in [0.2, 0.25) is 0 Å². The Bertz CT molecular complexity index is 1110. The van der Waals surface area contributed by atoms with Gasteiger partial charge in [-0.05, 0) is 59.6 Å². The topological polar surface area (TPSA) is 56.5 Å². The maximum Gasteiger partial charge on any atom is 0.193 e. The Labute approximate surface area is 156 Å². The molecule has 2 heterocycles. The molecule has 1 aromatic heterocycles. The molecule has 0 atom stereocenters. The van der Waals surface area contributed by atoms with E-state index in [1.54, 1.807) is 36.4 Å². The molecule has 0 saturated carbocycles. The van der Waals surface area contributed by atoms with Crippen LogP contribution < -0.4 is 4.74 Å². The van der Waals surface area contributed by atoms with Gasteiger partial charge >= 0.3 is 0 Å². The van der Waals surface area contributed by atoms with Crippen LogP contribution >= 0.6 is 11.6 Å². The fourth-order valence-corrected chi connectivity index (χ4v) is 3.73. The van der Waals surface area contributed by atoms with Crippen molar-refractivity contribution < 1.29 is 17.6 Å². The van der Waals surface area contributed by atoms with Crippen molar-refractivity contribution >= 4 is 32.8 Å². The molecule has 0 aliphatic carbocycles. The maximum atomic E-state index is 11.7. The summed E-state index contributed by atoms with van der Waals surface area (Å²) in [7, 11) is -3.25. The number of hydrogen-bond acceptors (Lipinski definition) is 4. The lowest BCUT2D eigenvalue weighted by Gasteiger charge is -2.23. The molecule has 2 aromatic carbocycles. The van der Waals surface area contributed by atoms with Crippen LogP contribution in [0, 0.1) is 0 Å². The maximum absolute atomic E-state index is 11.7. The van der Waals surface area contributed by atoms with Gasteiger partial charge in [0, 0.05) is 23.8 Å². The summed E-state index contributed by atoms with van der Waals surface area (Å²) in [5.41, 5.74) is 2.68. The average Bonchev–Trinajstić information content (AvgIpc) is 3.06. The van der Waals surface area contributed by atoms with Gasteiger partial charge in [-0.2, -0.15) is 0 Å². The molecular weight excluding hydrogens is 372 g/mol. The van der Waals surface area contributed by atoms with E-state index in [1.807, 2.05) is 24.3 Å². The van der Waals surface area contributed by atoms with Gasteiger partial charge in [-0.25, -0.2) is 8.42 Å². The molecule has 0 N–H and O–H groups in total. The third kappa shape index (κ3) is 3.16. The minimum absolute atomic E-state index is 0.264. The van der Waals surface area contributed by atoms with E-state index < -0.39 is 9.84 Å². The zero-order valence-electron chi connectivity index (χ0n) is 13.9. The van der Waals surface area contributed by atoms with Gasteiger partial charge in [-0.1, -0.05) is 18.2 Å². The lowest BCUT2D eigenvalue weighted by molar-refractivity contribution is 0.494. The molecule has 0 spiro atoms. The molecule has 26 heavy (non-hydrogen) atoms. The molecule has 132 valence electrons. The van der Waals surface area contributed by atoms with Crippen molar-refractivity contribution in [2.24, 2.45) is 0 Å². The van der Waals surface area contributed by atoms with Gasteiger partial charge in [0.05, 0.1) is 4.90 Å². The van der Waals surface area contributed by atoms with Gasteiger partial charge in [0.1, 0.15) is 17.3 Å². The van der Waals surface area contributed by atoms with Crippen LogP contribution in [0.15, 0.2) is 70.0 Å². The number of sulfone groups is 1. The second-order valence-electron chi connectivity index (χ2n) is 6.09. The van der Waals surface area contributed by atoms with Crippen molar-refractivity contribution in [3.05, 3.63) is 82.8 Å². The monoisotopic (exact) mass is 386 g/mol. The fourth-order valence-electron chi connectivity index (χ4n) is 2.95. The van der Waals surface area contributed by atoms with E-state index in [1.165, 1.54) is 6.26 Å². The van der Waals surface area contributed by atoms with E-state index in [2.05, 4.69) is 0 Å². The van der Waals surface area contributed by atoms with Crippen molar-refractivity contribution in [3.63, 3.8) is 0 Å². The number of halogens is 1. The second kappa shape index (κ2) is 6.34. The zero-order chi connectivity index (χ0) is 18.3. The molecule has 3 aromatic rings. The molecular formula is C20H15ClO4S. The van der Waals surface area contributed by atoms with E-state index in [9.17, 15) is 8.42 Å². The van der Waals surface area contributed by atoms with Gasteiger partial charge in [0.15, 0.2) is 15.1 Å². The third-order valence-corrected chi connectivity index (χ3v) is 5.57. The molecule has 0 fully saturated rings. The molecule has 4 rings (SSSR count). The highest BCUT2D eigenvalue weighted by Gasteiger charge is 2.24. The lowest BCUT2D eigenvalue weighted by atomic mass is 9.96. The number of hydrogen-bond donors (Lipinski definition) is 0. The molecule has 0 bridgehead atoms. The fraction of sp³-hybridized carbons (Fsp3) is 0.100. The Morgan fingerprint density at radius 2 is 1.69 bits per heavy atom. The lowest BCUT2D eigenvalue weighted by Crippen LogP contribution is -2.09. The molecule has 0 radical (unpaired) electrons. The van der Waals surface area contributed by atoms with E-state index in [-0.39, 0.29) is 4.90 Å². The summed E-state index contributed by atoms with van der Waals surface area (Å²) < 4.78 is 35.1. The van der Waals surface area contributed by atoms with Crippen LogP contribution in [-0.4, -0.2) is 14.7 Å². The number of fused-ring (bicyclic) bond motifs is 1. The Morgan fingerprint density at radius 1 is 0.962 bits per heavy atom. The third-order valence-electron chi connectivity index (χ3n) is 4.24. The minimum atomic E-state index is -3.25. The zero-order valence-corrected chi connectivity index (χ0v) is 15.5. The largest absolute Gasteiger partial charge is 0.456 e. The van der Waals surface area contributed by atoms with E-state index in [0.717, 1.165) is 22.4 Å². The number of benzene rings is 2. The van der Waals surface area contributed by atoms with Gasteiger partial charge in [-0.3, -0.25) is 0 Å². The summed E-state index contributed by atoms with van der Waals surface area (Å²) in [5, 5.41) is 0.304. The van der Waals surface area contributed by atoms with Crippen LogP contribution in [0.5, 0.6) is 5.75 Å².